The molecule has 4 aromatic rings. The van der Waals surface area contributed by atoms with E-state index in [4.69, 9.17) is 0 Å². The lowest BCUT2D eigenvalue weighted by Crippen LogP contribution is -2.27. The molecule has 1 aromatic heterocycles. The minimum Gasteiger partial charge on any atom is -0.314 e. The van der Waals surface area contributed by atoms with Crippen molar-refractivity contribution in [1.29, 1.82) is 0 Å². The maximum Gasteiger partial charge on any atom is 0.0537 e. The van der Waals surface area contributed by atoms with Crippen LogP contribution >= 0.6 is 0 Å². The molecular weight excluding hydrogens is 617 g/mol. The van der Waals surface area contributed by atoms with Crippen molar-refractivity contribution >= 4 is 34.1 Å². The fourth-order valence-corrected chi connectivity index (χ4v) is 10.5. The van der Waals surface area contributed by atoms with Crippen LogP contribution < -0.4 is 4.90 Å². The highest BCUT2D eigenvalue weighted by Crippen LogP contribution is 2.56. The van der Waals surface area contributed by atoms with Crippen LogP contribution in [-0.2, 0) is 11.8 Å². The number of anilines is 2. The Morgan fingerprint density at radius 3 is 2.51 bits per heavy atom. The molecule has 3 aromatic carbocycles. The summed E-state index contributed by atoms with van der Waals surface area (Å²) in [4.78, 5) is 2.53. The highest BCUT2D eigenvalue weighted by Gasteiger charge is 2.46. The van der Waals surface area contributed by atoms with E-state index in [2.05, 4.69) is 157 Å². The van der Waals surface area contributed by atoms with E-state index in [1.807, 2.05) is 0 Å². The third kappa shape index (κ3) is 5.05. The van der Waals surface area contributed by atoms with Crippen molar-refractivity contribution < 1.29 is 0 Å². The number of hydrogen-bond acceptors (Lipinski definition) is 1. The predicted molar refractivity (Wildman–Crippen MR) is 215 cm³/mol. The van der Waals surface area contributed by atoms with Gasteiger partial charge in [-0.3, -0.25) is 0 Å². The molecule has 0 N–H and O–H groups in total. The molecule has 4 unspecified atom stereocenters. The lowest BCUT2D eigenvalue weighted by Gasteiger charge is -2.33. The minimum atomic E-state index is 0.172. The number of fused-ring (bicyclic) bond motifs is 7. The van der Waals surface area contributed by atoms with Gasteiger partial charge in [-0.15, -0.1) is 0 Å². The van der Waals surface area contributed by atoms with Gasteiger partial charge in [0, 0.05) is 51.2 Å². The fourth-order valence-electron chi connectivity index (χ4n) is 10.5. The van der Waals surface area contributed by atoms with Crippen molar-refractivity contribution in [2.24, 2.45) is 11.8 Å². The van der Waals surface area contributed by atoms with Crippen LogP contribution in [0, 0.1) is 11.8 Å². The van der Waals surface area contributed by atoms with Crippen molar-refractivity contribution in [3.05, 3.63) is 167 Å². The summed E-state index contributed by atoms with van der Waals surface area (Å²) < 4.78 is 2.57. The number of aromatic nitrogens is 1. The van der Waals surface area contributed by atoms with Crippen LogP contribution in [0.1, 0.15) is 98.6 Å². The fraction of sp³-hybridized carbons (Fsp3) is 0.306. The first-order valence-electron chi connectivity index (χ1n) is 19.5. The Morgan fingerprint density at radius 1 is 0.784 bits per heavy atom. The topological polar surface area (TPSA) is 8.17 Å². The van der Waals surface area contributed by atoms with Crippen molar-refractivity contribution in [1.82, 2.24) is 4.57 Å². The third-order valence-electron chi connectivity index (χ3n) is 13.1. The third-order valence-corrected chi connectivity index (χ3v) is 13.1. The quantitative estimate of drug-likeness (QED) is 0.193. The average Bonchev–Trinajstić information content (AvgIpc) is 3.62. The molecule has 2 heteroatoms. The van der Waals surface area contributed by atoms with E-state index in [1.54, 1.807) is 16.7 Å². The van der Waals surface area contributed by atoms with Crippen LogP contribution in [0.15, 0.2) is 139 Å². The largest absolute Gasteiger partial charge is 0.314 e. The highest BCUT2D eigenvalue weighted by atomic mass is 15.1. The smallest absolute Gasteiger partial charge is 0.0537 e. The van der Waals surface area contributed by atoms with Crippen LogP contribution in [0.3, 0.4) is 0 Å². The first-order chi connectivity index (χ1) is 25.0. The van der Waals surface area contributed by atoms with Gasteiger partial charge in [0.05, 0.1) is 5.52 Å². The first-order valence-corrected chi connectivity index (χ1v) is 19.5. The van der Waals surface area contributed by atoms with Gasteiger partial charge >= 0.3 is 0 Å². The molecule has 0 fully saturated rings. The summed E-state index contributed by atoms with van der Waals surface area (Å²) in [6.45, 7) is 4.96. The second kappa shape index (κ2) is 12.2. The first kappa shape index (κ1) is 31.0. The zero-order valence-corrected chi connectivity index (χ0v) is 30.1. The molecular formula is C49H48N2. The lowest BCUT2D eigenvalue weighted by atomic mass is 9.72. The van der Waals surface area contributed by atoms with E-state index in [0.717, 1.165) is 25.7 Å². The number of rotatable bonds is 5. The molecule has 0 amide bonds. The van der Waals surface area contributed by atoms with E-state index in [0.29, 0.717) is 23.7 Å². The van der Waals surface area contributed by atoms with E-state index in [9.17, 15) is 0 Å². The van der Waals surface area contributed by atoms with Gasteiger partial charge < -0.3 is 9.47 Å². The number of benzene rings is 3. The van der Waals surface area contributed by atoms with E-state index in [-0.39, 0.29) is 5.41 Å². The monoisotopic (exact) mass is 664 g/mol. The average molecular weight is 665 g/mol. The summed E-state index contributed by atoms with van der Waals surface area (Å²) in [5, 5.41) is 1.38. The van der Waals surface area contributed by atoms with E-state index in [1.165, 1.54) is 76.2 Å². The van der Waals surface area contributed by atoms with Gasteiger partial charge in [-0.1, -0.05) is 111 Å². The standard InChI is InChI=1S/C49H48N2/c1-49(2)45-21-10-8-19-41(45)42-28-27-40(32-46(42)49)50(37-16-4-3-5-17-37)38-25-23-33(24-26-38)34-15-12-18-39(29-34)51-47-22-11-9-20-43(47)44-30-35-13-6-7-14-36(35)31-48(44)51/h3-4,7-12,14,16,18,20,22-30,32,34,36,41,45H,5-6,13,15,17,19,21,31H2,1-2H3. The molecule has 10 rings (SSSR count). The summed E-state index contributed by atoms with van der Waals surface area (Å²) >= 11 is 0. The van der Waals surface area contributed by atoms with Gasteiger partial charge in [-0.25, -0.2) is 0 Å². The van der Waals surface area contributed by atoms with Crippen LogP contribution in [0.2, 0.25) is 0 Å². The maximum absolute atomic E-state index is 2.57. The Kier molecular flexibility index (Phi) is 7.38. The summed E-state index contributed by atoms with van der Waals surface area (Å²) in [6.07, 6.45) is 35.3. The van der Waals surface area contributed by atoms with Crippen molar-refractivity contribution in [2.75, 3.05) is 4.90 Å². The number of nitrogens with zero attached hydrogens (tertiary/aromatic N) is 2. The molecule has 0 bridgehead atoms. The lowest BCUT2D eigenvalue weighted by molar-refractivity contribution is 0.297. The van der Waals surface area contributed by atoms with Crippen LogP contribution in [-0.4, -0.2) is 4.57 Å². The van der Waals surface area contributed by atoms with Gasteiger partial charge in [-0.2, -0.15) is 0 Å². The van der Waals surface area contributed by atoms with Gasteiger partial charge in [0.25, 0.3) is 0 Å². The summed E-state index contributed by atoms with van der Waals surface area (Å²) in [6, 6.07) is 25.9. The molecule has 0 spiro atoms. The molecule has 4 atom stereocenters. The molecule has 2 nitrogen and oxygen atoms in total. The molecule has 6 aliphatic rings. The molecule has 0 saturated heterocycles. The van der Waals surface area contributed by atoms with Crippen LogP contribution in [0.4, 0.5) is 11.4 Å². The maximum atomic E-state index is 2.57. The zero-order valence-electron chi connectivity index (χ0n) is 30.1. The van der Waals surface area contributed by atoms with E-state index >= 15 is 0 Å². The van der Waals surface area contributed by atoms with E-state index < -0.39 is 0 Å². The van der Waals surface area contributed by atoms with Crippen LogP contribution in [0.5, 0.6) is 0 Å². The summed E-state index contributed by atoms with van der Waals surface area (Å²) in [7, 11) is 0. The van der Waals surface area contributed by atoms with Gasteiger partial charge in [-0.05, 0) is 128 Å². The molecule has 6 aliphatic carbocycles. The van der Waals surface area contributed by atoms with Crippen LogP contribution in [0.25, 0.3) is 22.7 Å². The van der Waals surface area contributed by atoms with Crippen molar-refractivity contribution in [3.8, 4) is 0 Å². The number of hydrogen-bond donors (Lipinski definition) is 0. The van der Waals surface area contributed by atoms with Gasteiger partial charge in [0.1, 0.15) is 0 Å². The molecule has 0 radical (unpaired) electrons. The Balaban J connectivity index is 1.00. The predicted octanol–water partition coefficient (Wildman–Crippen LogP) is 12.8. The Morgan fingerprint density at radius 2 is 1.63 bits per heavy atom. The van der Waals surface area contributed by atoms with Crippen molar-refractivity contribution in [3.63, 3.8) is 0 Å². The Hall–Kier alpha value is -4.82. The normalized spacial score (nSPS) is 25.4. The number of para-hydroxylation sites is 1. The second-order valence-electron chi connectivity index (χ2n) is 16.2. The van der Waals surface area contributed by atoms with Crippen molar-refractivity contribution in [2.45, 2.75) is 82.5 Å². The minimum absolute atomic E-state index is 0.172. The molecule has 51 heavy (non-hydrogen) atoms. The summed E-state index contributed by atoms with van der Waals surface area (Å²) in [5.41, 5.74) is 15.7. The molecule has 254 valence electrons. The second-order valence-corrected chi connectivity index (χ2v) is 16.2. The van der Waals surface area contributed by atoms with Gasteiger partial charge in [0.2, 0.25) is 0 Å². The number of allylic oxidation sites excluding steroid dienone is 13. The zero-order chi connectivity index (χ0) is 34.1. The molecule has 0 aliphatic heterocycles. The molecule has 1 heterocycles. The Bertz CT molecular complexity index is 2260. The Labute approximate surface area is 303 Å². The SMILES string of the molecule is CC1(C)c2cc(N(C3=CC=CCC3)c3ccc(C4C=C(n5c6c(c7ccccc75)C=C5CCC=CC5C6)C=CC4)cc3)ccc2C2CC=CCC21. The summed E-state index contributed by atoms with van der Waals surface area (Å²) in [5.74, 6) is 2.20. The van der Waals surface area contributed by atoms with Gasteiger partial charge in [0.15, 0.2) is 0 Å². The highest BCUT2D eigenvalue weighted by molar-refractivity contribution is 5.95. The molecule has 0 saturated carbocycles.